The van der Waals surface area contributed by atoms with Gasteiger partial charge in [-0.15, -0.1) is 0 Å². The number of benzene rings is 1. The van der Waals surface area contributed by atoms with E-state index in [1.807, 2.05) is 0 Å². The fourth-order valence-electron chi connectivity index (χ4n) is 1.40. The molecule has 0 bridgehead atoms. The van der Waals surface area contributed by atoms with Crippen LogP contribution in [0.5, 0.6) is 0 Å². The average molecular weight is 309 g/mol. The lowest BCUT2D eigenvalue weighted by atomic mass is 9.98. The van der Waals surface area contributed by atoms with Gasteiger partial charge in [0.25, 0.3) is 0 Å². The molecule has 0 aliphatic rings. The van der Waals surface area contributed by atoms with Gasteiger partial charge in [0.05, 0.1) is 15.2 Å². The summed E-state index contributed by atoms with van der Waals surface area (Å²) in [6.07, 6.45) is 0. The van der Waals surface area contributed by atoms with Crippen LogP contribution in [0.1, 0.15) is 26.3 Å². The Morgan fingerprint density at radius 3 is 2.32 bits per heavy atom. The highest BCUT2D eigenvalue weighted by Gasteiger charge is 2.36. The van der Waals surface area contributed by atoms with E-state index in [9.17, 15) is 17.6 Å². The second-order valence-corrected chi connectivity index (χ2v) is 7.43. The third-order valence-electron chi connectivity index (χ3n) is 2.80. The standard InChI is InChI=1S/C12H14ClFO4S/c1-7(2)19(17,18)10-5-4-8(6-9(10)13)12(3,14)11(15)16/h4-7H,1-3H3,(H,15,16). The van der Waals surface area contributed by atoms with Crippen molar-refractivity contribution in [1.82, 2.24) is 0 Å². The quantitative estimate of drug-likeness (QED) is 0.928. The summed E-state index contributed by atoms with van der Waals surface area (Å²) >= 11 is 5.83. The van der Waals surface area contributed by atoms with Crippen molar-refractivity contribution in [3.05, 3.63) is 28.8 Å². The van der Waals surface area contributed by atoms with Gasteiger partial charge < -0.3 is 5.11 Å². The summed E-state index contributed by atoms with van der Waals surface area (Å²) < 4.78 is 37.8. The van der Waals surface area contributed by atoms with Crippen LogP contribution in [-0.4, -0.2) is 24.7 Å². The molecule has 1 aromatic carbocycles. The van der Waals surface area contributed by atoms with E-state index in [1.54, 1.807) is 0 Å². The fraction of sp³-hybridized carbons (Fsp3) is 0.417. The number of sulfone groups is 1. The predicted octanol–water partition coefficient (Wildman–Crippen LogP) is 2.79. The van der Waals surface area contributed by atoms with E-state index in [-0.39, 0.29) is 15.5 Å². The first-order chi connectivity index (χ1) is 8.51. The monoisotopic (exact) mass is 308 g/mol. The Labute approximate surface area is 116 Å². The van der Waals surface area contributed by atoms with Crippen LogP contribution in [0.2, 0.25) is 5.02 Å². The van der Waals surface area contributed by atoms with E-state index in [0.29, 0.717) is 0 Å². The van der Waals surface area contributed by atoms with Crippen LogP contribution in [0, 0.1) is 0 Å². The van der Waals surface area contributed by atoms with Crippen LogP contribution >= 0.6 is 11.6 Å². The molecule has 0 fully saturated rings. The summed E-state index contributed by atoms with van der Waals surface area (Å²) in [7, 11) is -3.59. The van der Waals surface area contributed by atoms with E-state index in [1.165, 1.54) is 13.8 Å². The number of hydrogen-bond donors (Lipinski definition) is 1. The lowest BCUT2D eigenvalue weighted by Crippen LogP contribution is -2.27. The molecule has 1 aromatic rings. The molecule has 0 heterocycles. The SMILES string of the molecule is CC(C)S(=O)(=O)c1ccc(C(C)(F)C(=O)O)cc1Cl. The minimum absolute atomic E-state index is 0.130. The number of halogens is 2. The summed E-state index contributed by atoms with van der Waals surface area (Å²) in [5.74, 6) is -1.66. The first kappa shape index (κ1) is 15.9. The molecule has 19 heavy (non-hydrogen) atoms. The van der Waals surface area contributed by atoms with Crippen molar-refractivity contribution in [2.75, 3.05) is 0 Å². The van der Waals surface area contributed by atoms with Gasteiger partial charge in [-0.05, 0) is 32.9 Å². The summed E-state index contributed by atoms with van der Waals surface area (Å²) in [5.41, 5.74) is -2.82. The summed E-state index contributed by atoms with van der Waals surface area (Å²) in [6, 6.07) is 3.29. The van der Waals surface area contributed by atoms with Crippen LogP contribution in [0.15, 0.2) is 23.1 Å². The topological polar surface area (TPSA) is 71.4 Å². The lowest BCUT2D eigenvalue weighted by Gasteiger charge is -2.17. The van der Waals surface area contributed by atoms with Crippen LogP contribution in [0.25, 0.3) is 0 Å². The molecular formula is C12H14ClFO4S. The molecule has 4 nitrogen and oxygen atoms in total. The molecule has 1 unspecified atom stereocenters. The van der Waals surface area contributed by atoms with Crippen molar-refractivity contribution in [2.45, 2.75) is 36.6 Å². The maximum absolute atomic E-state index is 13.9. The Balaban J connectivity index is 3.39. The van der Waals surface area contributed by atoms with Gasteiger partial charge in [0.2, 0.25) is 5.67 Å². The van der Waals surface area contributed by atoms with Gasteiger partial charge in [0.15, 0.2) is 9.84 Å². The van der Waals surface area contributed by atoms with E-state index in [4.69, 9.17) is 16.7 Å². The summed E-state index contributed by atoms with van der Waals surface area (Å²) in [4.78, 5) is 10.7. The second-order valence-electron chi connectivity index (χ2n) is 4.55. The number of aliphatic carboxylic acids is 1. The molecule has 0 radical (unpaired) electrons. The number of rotatable bonds is 4. The highest BCUT2D eigenvalue weighted by atomic mass is 35.5. The highest BCUT2D eigenvalue weighted by Crippen LogP contribution is 2.32. The van der Waals surface area contributed by atoms with E-state index in [2.05, 4.69) is 0 Å². The van der Waals surface area contributed by atoms with Gasteiger partial charge in [0.1, 0.15) is 0 Å². The number of carboxylic acids is 1. The number of carboxylic acid groups (broad SMARTS) is 1. The largest absolute Gasteiger partial charge is 0.479 e. The third-order valence-corrected chi connectivity index (χ3v) is 5.44. The smallest absolute Gasteiger partial charge is 0.345 e. The van der Waals surface area contributed by atoms with Crippen molar-refractivity contribution in [2.24, 2.45) is 0 Å². The number of alkyl halides is 1. The third kappa shape index (κ3) is 2.90. The molecule has 0 spiro atoms. The Hall–Kier alpha value is -1.14. The van der Waals surface area contributed by atoms with Crippen LogP contribution < -0.4 is 0 Å². The van der Waals surface area contributed by atoms with E-state index >= 15 is 0 Å². The number of hydrogen-bond acceptors (Lipinski definition) is 3. The minimum Gasteiger partial charge on any atom is -0.479 e. The molecule has 0 aliphatic heterocycles. The van der Waals surface area contributed by atoms with Crippen molar-refractivity contribution in [3.8, 4) is 0 Å². The lowest BCUT2D eigenvalue weighted by molar-refractivity contribution is -0.150. The summed E-state index contributed by atoms with van der Waals surface area (Å²) in [5, 5.41) is 7.91. The van der Waals surface area contributed by atoms with Gasteiger partial charge in [-0.25, -0.2) is 17.6 Å². The molecule has 1 N–H and O–H groups in total. The van der Waals surface area contributed by atoms with Crippen LogP contribution in [-0.2, 0) is 20.3 Å². The Morgan fingerprint density at radius 1 is 1.42 bits per heavy atom. The highest BCUT2D eigenvalue weighted by molar-refractivity contribution is 7.92. The zero-order valence-electron chi connectivity index (χ0n) is 10.6. The maximum Gasteiger partial charge on any atom is 0.345 e. The molecule has 0 amide bonds. The Bertz CT molecular complexity index is 608. The van der Waals surface area contributed by atoms with Gasteiger partial charge >= 0.3 is 5.97 Å². The molecule has 106 valence electrons. The normalized spacial score (nSPS) is 15.3. The van der Waals surface area contributed by atoms with E-state index in [0.717, 1.165) is 25.1 Å². The van der Waals surface area contributed by atoms with Crippen LogP contribution in [0.4, 0.5) is 4.39 Å². The molecule has 0 saturated heterocycles. The first-order valence-corrected chi connectivity index (χ1v) is 7.40. The van der Waals surface area contributed by atoms with Crippen molar-refractivity contribution in [3.63, 3.8) is 0 Å². The molecule has 0 aromatic heterocycles. The number of carbonyl (C=O) groups is 1. The van der Waals surface area contributed by atoms with Gasteiger partial charge in [-0.1, -0.05) is 17.7 Å². The molecule has 0 saturated carbocycles. The Morgan fingerprint density at radius 2 is 1.95 bits per heavy atom. The predicted molar refractivity (Wildman–Crippen MR) is 69.9 cm³/mol. The fourth-order valence-corrected chi connectivity index (χ4v) is 3.00. The zero-order valence-corrected chi connectivity index (χ0v) is 12.2. The Kier molecular flexibility index (Phi) is 4.27. The molecule has 7 heteroatoms. The maximum atomic E-state index is 13.9. The van der Waals surface area contributed by atoms with Gasteiger partial charge in [-0.3, -0.25) is 0 Å². The van der Waals surface area contributed by atoms with Gasteiger partial charge in [0, 0.05) is 5.56 Å². The second kappa shape index (κ2) is 5.09. The molecule has 1 atom stereocenters. The summed E-state index contributed by atoms with van der Waals surface area (Å²) in [6.45, 7) is 3.86. The van der Waals surface area contributed by atoms with Crippen molar-refractivity contribution >= 4 is 27.4 Å². The van der Waals surface area contributed by atoms with Gasteiger partial charge in [-0.2, -0.15) is 0 Å². The molecular weight excluding hydrogens is 295 g/mol. The van der Waals surface area contributed by atoms with Crippen LogP contribution in [0.3, 0.4) is 0 Å². The molecule has 0 aliphatic carbocycles. The first-order valence-electron chi connectivity index (χ1n) is 5.47. The van der Waals surface area contributed by atoms with E-state index < -0.39 is 26.7 Å². The average Bonchev–Trinajstić information content (AvgIpc) is 2.27. The van der Waals surface area contributed by atoms with Crippen molar-refractivity contribution < 1.29 is 22.7 Å². The minimum atomic E-state index is -3.59. The molecule has 1 rings (SSSR count). The zero-order chi connectivity index (χ0) is 15.0. The van der Waals surface area contributed by atoms with Crippen molar-refractivity contribution in [1.29, 1.82) is 0 Å².